The van der Waals surface area contributed by atoms with Gasteiger partial charge in [0.15, 0.2) is 6.29 Å². The van der Waals surface area contributed by atoms with E-state index in [4.69, 9.17) is 9.47 Å². The van der Waals surface area contributed by atoms with Gasteiger partial charge in [0.2, 0.25) is 5.91 Å². The highest BCUT2D eigenvalue weighted by Crippen LogP contribution is 2.22. The third-order valence-electron chi connectivity index (χ3n) is 3.63. The molecule has 5 atom stereocenters. The molecular formula is C15H28N2O7+. The summed E-state index contributed by atoms with van der Waals surface area (Å²) in [6, 6.07) is -0.820. The Kier molecular flexibility index (Phi) is 9.16. The van der Waals surface area contributed by atoms with Gasteiger partial charge in [-0.15, -0.1) is 0 Å². The first kappa shape index (κ1) is 20.8. The number of amides is 1. The Labute approximate surface area is 141 Å². The lowest BCUT2D eigenvalue weighted by Crippen LogP contribution is -2.63. The van der Waals surface area contributed by atoms with E-state index in [2.05, 4.69) is 15.6 Å². The summed E-state index contributed by atoms with van der Waals surface area (Å²) in [5, 5.41) is 22.5. The number of hydrogen-bond donors (Lipinski definition) is 4. The molecule has 0 aliphatic carbocycles. The van der Waals surface area contributed by atoms with Crippen LogP contribution in [0.5, 0.6) is 0 Å². The number of carbonyl (C=O) groups excluding carboxylic acids is 2. The van der Waals surface area contributed by atoms with Gasteiger partial charge in [0, 0.05) is 13.5 Å². The maximum Gasteiger partial charge on any atom is 0.594 e. The quantitative estimate of drug-likeness (QED) is 0.242. The van der Waals surface area contributed by atoms with Crippen LogP contribution in [-0.2, 0) is 23.9 Å². The van der Waals surface area contributed by atoms with Gasteiger partial charge in [0.05, 0.1) is 17.4 Å². The molecule has 0 spiro atoms. The van der Waals surface area contributed by atoms with E-state index >= 15 is 0 Å². The van der Waals surface area contributed by atoms with Crippen molar-refractivity contribution >= 4 is 11.9 Å². The average molecular weight is 348 g/mol. The van der Waals surface area contributed by atoms with Gasteiger partial charge in [0.25, 0.3) is 0 Å². The minimum atomic E-state index is -1.16. The average Bonchev–Trinajstić information content (AvgIpc) is 2.50. The smallest absolute Gasteiger partial charge is 0.388 e. The van der Waals surface area contributed by atoms with Crippen molar-refractivity contribution in [2.45, 2.75) is 70.7 Å². The summed E-state index contributed by atoms with van der Waals surface area (Å²) >= 11 is 0. The molecule has 1 heterocycles. The monoisotopic (exact) mass is 348 g/mol. The van der Waals surface area contributed by atoms with Crippen molar-refractivity contribution in [3.63, 3.8) is 0 Å². The van der Waals surface area contributed by atoms with E-state index in [1.54, 1.807) is 6.92 Å². The molecule has 0 bridgehead atoms. The summed E-state index contributed by atoms with van der Waals surface area (Å²) in [5.41, 5.74) is 2.55. The fourth-order valence-corrected chi connectivity index (χ4v) is 2.39. The van der Waals surface area contributed by atoms with Crippen molar-refractivity contribution in [3.8, 4) is 0 Å². The van der Waals surface area contributed by atoms with Crippen LogP contribution in [0.2, 0.25) is 0 Å². The second-order valence-electron chi connectivity index (χ2n) is 5.84. The van der Waals surface area contributed by atoms with Gasteiger partial charge in [-0.25, -0.2) is 0 Å². The largest absolute Gasteiger partial charge is 0.594 e. The van der Waals surface area contributed by atoms with Gasteiger partial charge in [0.1, 0.15) is 25.2 Å². The van der Waals surface area contributed by atoms with Gasteiger partial charge in [-0.1, -0.05) is 5.48 Å². The summed E-state index contributed by atoms with van der Waals surface area (Å²) in [6.45, 7) is 5.21. The molecule has 1 saturated heterocycles. The Balaban J connectivity index is 2.30. The van der Waals surface area contributed by atoms with E-state index < -0.39 is 30.6 Å². The molecule has 1 amide bonds. The lowest BCUT2D eigenvalue weighted by atomic mass is 9.97. The molecule has 1 rings (SSSR count). The molecule has 4 N–H and O–H groups in total. The van der Waals surface area contributed by atoms with E-state index in [-0.39, 0.29) is 11.9 Å². The molecule has 0 aromatic carbocycles. The summed E-state index contributed by atoms with van der Waals surface area (Å²) in [4.78, 5) is 26.4. The van der Waals surface area contributed by atoms with Crippen LogP contribution >= 0.6 is 0 Å². The first-order valence-corrected chi connectivity index (χ1v) is 8.13. The molecule has 0 saturated carbocycles. The maximum atomic E-state index is 11.3. The van der Waals surface area contributed by atoms with Crippen molar-refractivity contribution in [1.29, 1.82) is 0 Å². The van der Waals surface area contributed by atoms with E-state index in [1.807, 2.05) is 0 Å². The second kappa shape index (κ2) is 10.6. The minimum Gasteiger partial charge on any atom is -0.388 e. The van der Waals surface area contributed by atoms with Crippen LogP contribution in [-0.4, -0.2) is 65.9 Å². The Morgan fingerprint density at radius 3 is 2.54 bits per heavy atom. The molecule has 9 nitrogen and oxygen atoms in total. The van der Waals surface area contributed by atoms with E-state index in [0.717, 1.165) is 19.3 Å². The van der Waals surface area contributed by atoms with Crippen LogP contribution in [0.15, 0.2) is 0 Å². The maximum absolute atomic E-state index is 11.3. The fraction of sp³-hybridized carbons (Fsp3) is 0.867. The minimum absolute atomic E-state index is 0.338. The Hall–Kier alpha value is -1.26. The molecule has 24 heavy (non-hydrogen) atoms. The highest BCUT2D eigenvalue weighted by Gasteiger charge is 2.43. The first-order valence-electron chi connectivity index (χ1n) is 8.13. The van der Waals surface area contributed by atoms with Gasteiger partial charge < -0.3 is 25.0 Å². The molecular weight excluding hydrogens is 320 g/mol. The predicted molar refractivity (Wildman–Crippen MR) is 83.5 cm³/mol. The zero-order valence-corrected chi connectivity index (χ0v) is 14.4. The van der Waals surface area contributed by atoms with Crippen molar-refractivity contribution in [2.24, 2.45) is 0 Å². The topological polar surface area (TPSA) is 129 Å². The van der Waals surface area contributed by atoms with Gasteiger partial charge in [-0.3, -0.25) is 4.79 Å². The van der Waals surface area contributed by atoms with Crippen molar-refractivity contribution in [1.82, 2.24) is 10.8 Å². The number of carbonyl (C=O) groups is 2. The number of hydrogen-bond acceptors (Lipinski definition) is 8. The molecule has 1 fully saturated rings. The molecule has 0 unspecified atom stereocenters. The highest BCUT2D eigenvalue weighted by atomic mass is 16.7. The number of rotatable bonds is 9. The fourth-order valence-electron chi connectivity index (χ4n) is 2.39. The first-order chi connectivity index (χ1) is 11.3. The summed E-state index contributed by atoms with van der Waals surface area (Å²) in [6.07, 6.45) is -1.28. The van der Waals surface area contributed by atoms with Crippen LogP contribution in [0.3, 0.4) is 0 Å². The third-order valence-corrected chi connectivity index (χ3v) is 3.63. The summed E-state index contributed by atoms with van der Waals surface area (Å²) < 4.78 is 11.2. The normalized spacial score (nSPS) is 30.0. The zero-order chi connectivity index (χ0) is 18.1. The van der Waals surface area contributed by atoms with Crippen LogP contribution in [0, 0.1) is 0 Å². The standard InChI is InChI=1S/C15H28N2O7/c1-9-13(20)14(21)12(17-10(2)18)15(23-9)22-8-6-4-5-7-16-24-11(3)19/h9,12-16,20-21H,4-8H2,1-3H3,(H,17,18)/q+1/t9-,12-,13+,14-,15-/m0/s1. The van der Waals surface area contributed by atoms with Crippen LogP contribution < -0.4 is 10.8 Å². The lowest BCUT2D eigenvalue weighted by molar-refractivity contribution is -0.260. The predicted octanol–water partition coefficient (Wildman–Crippen LogP) is -0.788. The number of aliphatic hydroxyl groups excluding tert-OH is 2. The van der Waals surface area contributed by atoms with Crippen LogP contribution in [0.4, 0.5) is 0 Å². The molecule has 0 aromatic rings. The van der Waals surface area contributed by atoms with E-state index in [1.165, 1.54) is 13.8 Å². The van der Waals surface area contributed by atoms with Gasteiger partial charge >= 0.3 is 5.97 Å². The Morgan fingerprint density at radius 1 is 1.21 bits per heavy atom. The van der Waals surface area contributed by atoms with Crippen LogP contribution in [0.25, 0.3) is 0 Å². The van der Waals surface area contributed by atoms with Crippen molar-refractivity contribution in [3.05, 3.63) is 0 Å². The van der Waals surface area contributed by atoms with Gasteiger partial charge in [-0.05, 0) is 26.2 Å². The number of hydroxylamine groups is 1. The van der Waals surface area contributed by atoms with E-state index in [0.29, 0.717) is 13.2 Å². The highest BCUT2D eigenvalue weighted by molar-refractivity contribution is 5.73. The molecule has 139 valence electrons. The Morgan fingerprint density at radius 2 is 1.92 bits per heavy atom. The molecule has 1 radical (unpaired) electrons. The van der Waals surface area contributed by atoms with E-state index in [9.17, 15) is 19.8 Å². The Bertz CT molecular complexity index is 407. The molecule has 1 aliphatic heterocycles. The number of ether oxygens (including phenoxy) is 2. The molecule has 0 aromatic heterocycles. The van der Waals surface area contributed by atoms with Crippen molar-refractivity contribution < 1.29 is 34.1 Å². The summed E-state index contributed by atoms with van der Waals surface area (Å²) in [7, 11) is 0. The zero-order valence-electron chi connectivity index (χ0n) is 14.4. The third kappa shape index (κ3) is 7.10. The molecule has 9 heteroatoms. The number of aliphatic hydroxyl groups is 2. The molecule has 1 aliphatic rings. The van der Waals surface area contributed by atoms with Crippen molar-refractivity contribution in [2.75, 3.05) is 13.2 Å². The van der Waals surface area contributed by atoms with Crippen LogP contribution in [0.1, 0.15) is 40.0 Å². The SMILES string of the molecule is CC(=O)N[C@@H]1[C@@H](OCCCCCNOC(C)=[O+])O[C@@H](C)[C@@H](O)[C@H]1O. The second-order valence-corrected chi connectivity index (χ2v) is 5.84. The number of nitrogens with one attached hydrogen (secondary N) is 2. The lowest BCUT2D eigenvalue weighted by Gasteiger charge is -2.41. The summed E-state index contributed by atoms with van der Waals surface area (Å²) in [5.74, 6) is -0.721. The number of unbranched alkanes of at least 4 members (excludes halogenated alkanes) is 2. The van der Waals surface area contributed by atoms with Gasteiger partial charge in [-0.2, -0.15) is 4.84 Å².